The number of hydrogen-bond donors (Lipinski definition) is 2. The first-order chi connectivity index (χ1) is 13.5. The lowest BCUT2D eigenvalue weighted by atomic mass is 10.1. The van der Waals surface area contributed by atoms with Gasteiger partial charge in [-0.25, -0.2) is 9.98 Å². The van der Waals surface area contributed by atoms with Crippen LogP contribution >= 0.6 is 22.7 Å². The van der Waals surface area contributed by atoms with Crippen LogP contribution in [0.3, 0.4) is 0 Å². The van der Waals surface area contributed by atoms with Gasteiger partial charge in [0.2, 0.25) is 5.13 Å². The molecule has 0 radical (unpaired) electrons. The molecule has 148 valence electrons. The molecule has 1 aliphatic rings. The normalized spacial score (nSPS) is 14.2. The van der Waals surface area contributed by atoms with Gasteiger partial charge in [0.1, 0.15) is 0 Å². The lowest BCUT2D eigenvalue weighted by Crippen LogP contribution is -2.37. The van der Waals surface area contributed by atoms with E-state index in [0.29, 0.717) is 10.7 Å². The number of nitrogens with one attached hydrogen (secondary N) is 2. The van der Waals surface area contributed by atoms with Crippen LogP contribution in [0.1, 0.15) is 12.0 Å². The van der Waals surface area contributed by atoms with Crippen LogP contribution in [0, 0.1) is 0 Å². The largest absolute Gasteiger partial charge is 0.416 e. The lowest BCUT2D eigenvalue weighted by Gasteiger charge is -2.11. The van der Waals surface area contributed by atoms with Crippen molar-refractivity contribution in [3.8, 4) is 21.7 Å². The Hall–Kier alpha value is -2.07. The fraction of sp³-hybridized carbons (Fsp3) is 0.263. The van der Waals surface area contributed by atoms with Gasteiger partial charge in [-0.15, -0.1) is 22.7 Å². The minimum atomic E-state index is -4.34. The van der Waals surface area contributed by atoms with E-state index in [1.807, 2.05) is 16.8 Å². The molecule has 1 saturated heterocycles. The van der Waals surface area contributed by atoms with E-state index in [0.717, 1.165) is 34.9 Å². The van der Waals surface area contributed by atoms with Crippen molar-refractivity contribution < 1.29 is 13.2 Å². The highest BCUT2D eigenvalue weighted by molar-refractivity contribution is 7.14. The SMILES string of the molecule is C1CNCNC1.C=Nc1nc(-c2csc(-c3cccc(C(F)(F)F)c3)c2)cs1. The number of nitrogens with zero attached hydrogens (tertiary/aromatic N) is 2. The number of hydrogen-bond acceptors (Lipinski definition) is 6. The molecular weight excluding hydrogens is 405 g/mol. The highest BCUT2D eigenvalue weighted by Gasteiger charge is 2.30. The van der Waals surface area contributed by atoms with Crippen molar-refractivity contribution in [1.29, 1.82) is 0 Å². The van der Waals surface area contributed by atoms with Crippen LogP contribution in [0.25, 0.3) is 21.7 Å². The molecule has 3 heterocycles. The van der Waals surface area contributed by atoms with E-state index in [4.69, 9.17) is 0 Å². The van der Waals surface area contributed by atoms with Crippen molar-refractivity contribution in [2.45, 2.75) is 12.6 Å². The van der Waals surface area contributed by atoms with Crippen LogP contribution < -0.4 is 10.6 Å². The van der Waals surface area contributed by atoms with E-state index >= 15 is 0 Å². The number of aromatic nitrogens is 1. The zero-order valence-corrected chi connectivity index (χ0v) is 16.6. The highest BCUT2D eigenvalue weighted by atomic mass is 32.1. The molecule has 0 bridgehead atoms. The van der Waals surface area contributed by atoms with E-state index in [1.54, 1.807) is 6.07 Å². The average Bonchev–Trinajstić information content (AvgIpc) is 3.39. The summed E-state index contributed by atoms with van der Waals surface area (Å²) in [7, 11) is 0. The predicted molar refractivity (Wildman–Crippen MR) is 111 cm³/mol. The summed E-state index contributed by atoms with van der Waals surface area (Å²) in [6.45, 7) is 6.79. The van der Waals surface area contributed by atoms with Crippen molar-refractivity contribution in [2.24, 2.45) is 4.99 Å². The Kier molecular flexibility index (Phi) is 6.95. The third-order valence-electron chi connectivity index (χ3n) is 3.95. The van der Waals surface area contributed by atoms with Gasteiger partial charge >= 0.3 is 6.18 Å². The second-order valence-corrected chi connectivity index (χ2v) is 7.73. The first-order valence-electron chi connectivity index (χ1n) is 8.57. The maximum absolute atomic E-state index is 12.8. The molecule has 4 rings (SSSR count). The Labute approximate surface area is 169 Å². The maximum Gasteiger partial charge on any atom is 0.416 e. The van der Waals surface area contributed by atoms with Crippen molar-refractivity contribution in [3.05, 3.63) is 46.7 Å². The summed E-state index contributed by atoms with van der Waals surface area (Å²) in [5.41, 5.74) is 1.51. The van der Waals surface area contributed by atoms with Gasteiger partial charge in [-0.3, -0.25) is 0 Å². The quantitative estimate of drug-likeness (QED) is 0.552. The number of thiophene rings is 1. The second kappa shape index (κ2) is 9.42. The summed E-state index contributed by atoms with van der Waals surface area (Å²) in [6.07, 6.45) is -3.06. The number of halogens is 3. The van der Waals surface area contributed by atoms with Gasteiger partial charge in [0.05, 0.1) is 11.3 Å². The number of alkyl halides is 3. The molecule has 0 atom stereocenters. The molecular formula is C19H19F3N4S2. The zero-order valence-electron chi connectivity index (χ0n) is 14.9. The van der Waals surface area contributed by atoms with Crippen LogP contribution in [0.15, 0.2) is 46.1 Å². The summed E-state index contributed by atoms with van der Waals surface area (Å²) >= 11 is 2.76. The highest BCUT2D eigenvalue weighted by Crippen LogP contribution is 2.37. The Morgan fingerprint density at radius 3 is 2.39 bits per heavy atom. The molecule has 1 fully saturated rings. The van der Waals surface area contributed by atoms with Crippen LogP contribution in [-0.4, -0.2) is 31.5 Å². The van der Waals surface area contributed by atoms with Gasteiger partial charge in [-0.1, -0.05) is 12.1 Å². The molecule has 0 aliphatic carbocycles. The predicted octanol–water partition coefficient (Wildman–Crippen LogP) is 5.42. The fourth-order valence-electron chi connectivity index (χ4n) is 2.54. The summed E-state index contributed by atoms with van der Waals surface area (Å²) in [5, 5.41) is 10.6. The molecule has 9 heteroatoms. The standard InChI is InChI=1S/C15H9F3N2S2.C4H10N2/c1-19-14-20-12(8-22-14)10-6-13(21-7-10)9-3-2-4-11(5-9)15(16,17)18;1-2-5-4-6-3-1/h2-8H,1H2;5-6H,1-4H2. The molecule has 0 saturated carbocycles. The van der Waals surface area contributed by atoms with Crippen molar-refractivity contribution in [3.63, 3.8) is 0 Å². The van der Waals surface area contributed by atoms with E-state index in [9.17, 15) is 13.2 Å². The van der Waals surface area contributed by atoms with Gasteiger partial charge < -0.3 is 10.6 Å². The van der Waals surface area contributed by atoms with Gasteiger partial charge in [0.15, 0.2) is 0 Å². The van der Waals surface area contributed by atoms with Crippen LogP contribution in [0.4, 0.5) is 18.3 Å². The number of benzene rings is 1. The monoisotopic (exact) mass is 424 g/mol. The van der Waals surface area contributed by atoms with Crippen LogP contribution in [0.5, 0.6) is 0 Å². The van der Waals surface area contributed by atoms with E-state index in [-0.39, 0.29) is 0 Å². The fourth-order valence-corrected chi connectivity index (χ4v) is 4.08. The molecule has 2 N–H and O–H groups in total. The number of rotatable bonds is 3. The number of thiazole rings is 1. The summed E-state index contributed by atoms with van der Waals surface area (Å²) in [5.74, 6) is 0. The van der Waals surface area contributed by atoms with Gasteiger partial charge in [-0.05, 0) is 50.0 Å². The molecule has 1 aliphatic heterocycles. The third-order valence-corrected chi connectivity index (χ3v) is 5.71. The molecule has 2 aromatic heterocycles. The zero-order chi connectivity index (χ0) is 20.0. The second-order valence-electron chi connectivity index (χ2n) is 5.98. The first kappa shape index (κ1) is 20.7. The van der Waals surface area contributed by atoms with Crippen molar-refractivity contribution in [2.75, 3.05) is 19.8 Å². The third kappa shape index (κ3) is 5.48. The van der Waals surface area contributed by atoms with E-state index in [1.165, 1.54) is 48.3 Å². The minimum Gasteiger partial charge on any atom is -0.304 e. The summed E-state index contributed by atoms with van der Waals surface area (Å²) in [6, 6.07) is 7.15. The van der Waals surface area contributed by atoms with Crippen LogP contribution in [-0.2, 0) is 6.18 Å². The smallest absolute Gasteiger partial charge is 0.304 e. The van der Waals surface area contributed by atoms with Gasteiger partial charge in [0.25, 0.3) is 0 Å². The average molecular weight is 425 g/mol. The van der Waals surface area contributed by atoms with Crippen molar-refractivity contribution in [1.82, 2.24) is 15.6 Å². The van der Waals surface area contributed by atoms with Crippen molar-refractivity contribution >= 4 is 34.5 Å². The van der Waals surface area contributed by atoms with Gasteiger partial charge in [-0.2, -0.15) is 13.2 Å². The van der Waals surface area contributed by atoms with E-state index in [2.05, 4.69) is 27.3 Å². The molecule has 0 unspecified atom stereocenters. The van der Waals surface area contributed by atoms with E-state index < -0.39 is 11.7 Å². The summed E-state index contributed by atoms with van der Waals surface area (Å²) in [4.78, 5) is 8.80. The topological polar surface area (TPSA) is 49.3 Å². The lowest BCUT2D eigenvalue weighted by molar-refractivity contribution is -0.137. The number of aliphatic imine (C=N–C) groups is 1. The molecule has 28 heavy (non-hydrogen) atoms. The van der Waals surface area contributed by atoms with Gasteiger partial charge in [0, 0.05) is 27.9 Å². The molecule has 4 nitrogen and oxygen atoms in total. The molecule has 0 spiro atoms. The molecule has 3 aromatic rings. The summed E-state index contributed by atoms with van der Waals surface area (Å²) < 4.78 is 38.3. The Bertz CT molecular complexity index is 902. The Balaban J connectivity index is 0.000000320. The van der Waals surface area contributed by atoms with Crippen LogP contribution in [0.2, 0.25) is 0 Å². The Morgan fingerprint density at radius 2 is 1.82 bits per heavy atom. The molecule has 1 aromatic carbocycles. The minimum absolute atomic E-state index is 0.545. The Morgan fingerprint density at radius 1 is 1.04 bits per heavy atom. The maximum atomic E-state index is 12.8. The first-order valence-corrected chi connectivity index (χ1v) is 10.3. The molecule has 0 amide bonds.